The van der Waals surface area contributed by atoms with E-state index >= 15 is 0 Å². The van der Waals surface area contributed by atoms with Crippen LogP contribution in [0.5, 0.6) is 0 Å². The van der Waals surface area contributed by atoms with E-state index in [1.165, 1.54) is 6.34 Å². The Balaban J connectivity index is 2.97. The molecule has 1 aliphatic rings. The Morgan fingerprint density at radius 2 is 2.43 bits per heavy atom. The molecule has 0 amide bonds. The van der Waals surface area contributed by atoms with Gasteiger partial charge in [-0.3, -0.25) is 4.99 Å². The first kappa shape index (κ1) is 11.5. The third-order valence-electron chi connectivity index (χ3n) is 2.73. The van der Waals surface area contributed by atoms with Crippen molar-refractivity contribution in [1.29, 1.82) is 5.26 Å². The van der Waals surface area contributed by atoms with Gasteiger partial charge >= 0.3 is 0 Å². The highest BCUT2D eigenvalue weighted by molar-refractivity contribution is 6.67. The molecule has 5 heteroatoms. The molecule has 2 unspecified atom stereocenters. The van der Waals surface area contributed by atoms with E-state index in [1.54, 1.807) is 0 Å². The van der Waals surface area contributed by atoms with Crippen LogP contribution < -0.4 is 0 Å². The molecule has 14 heavy (non-hydrogen) atoms. The van der Waals surface area contributed by atoms with E-state index < -0.39 is 10.9 Å². The van der Waals surface area contributed by atoms with Crippen LogP contribution in [0.25, 0.3) is 0 Å². The molecular formula is C9H11Cl2N3. The molecule has 0 aliphatic carbocycles. The van der Waals surface area contributed by atoms with Crippen LogP contribution in [0.2, 0.25) is 0 Å². The topological polar surface area (TPSA) is 48.5 Å². The fourth-order valence-electron chi connectivity index (χ4n) is 1.32. The average Bonchev–Trinajstić information content (AvgIpc) is 2.14. The van der Waals surface area contributed by atoms with Gasteiger partial charge in [-0.2, -0.15) is 5.26 Å². The average molecular weight is 232 g/mol. The summed E-state index contributed by atoms with van der Waals surface area (Å²) in [5.74, 6) is 0.0312. The number of hydrogen-bond acceptors (Lipinski definition) is 3. The maximum Gasteiger partial charge on any atom is 0.137 e. The van der Waals surface area contributed by atoms with E-state index in [0.29, 0.717) is 11.6 Å². The van der Waals surface area contributed by atoms with Crippen LogP contribution in [0, 0.1) is 22.7 Å². The van der Waals surface area contributed by atoms with Crippen LogP contribution in [-0.4, -0.2) is 17.0 Å². The number of alkyl halides is 1. The van der Waals surface area contributed by atoms with E-state index in [1.807, 2.05) is 13.8 Å². The van der Waals surface area contributed by atoms with Crippen LogP contribution >= 0.6 is 23.2 Å². The SMILES string of the molecule is C[C@H](CC#N)C1(C)C(Cl)=NC=NC1Cl. The highest BCUT2D eigenvalue weighted by Crippen LogP contribution is 2.41. The summed E-state index contributed by atoms with van der Waals surface area (Å²) in [4.78, 5) is 7.93. The Morgan fingerprint density at radius 3 is 2.93 bits per heavy atom. The number of hydrogen-bond donors (Lipinski definition) is 0. The fourth-order valence-corrected chi connectivity index (χ4v) is 2.08. The van der Waals surface area contributed by atoms with Crippen molar-refractivity contribution >= 4 is 34.7 Å². The van der Waals surface area contributed by atoms with E-state index in [0.717, 1.165) is 0 Å². The predicted octanol–water partition coefficient (Wildman–Crippen LogP) is 2.79. The Morgan fingerprint density at radius 1 is 1.79 bits per heavy atom. The Bertz CT molecular complexity index is 319. The summed E-state index contributed by atoms with van der Waals surface area (Å²) in [7, 11) is 0. The smallest absolute Gasteiger partial charge is 0.137 e. The van der Waals surface area contributed by atoms with Gasteiger partial charge in [-0.1, -0.05) is 30.1 Å². The van der Waals surface area contributed by atoms with Crippen molar-refractivity contribution < 1.29 is 0 Å². The molecule has 3 atom stereocenters. The molecule has 0 fully saturated rings. The lowest BCUT2D eigenvalue weighted by atomic mass is 9.76. The maximum absolute atomic E-state index is 8.64. The molecule has 1 aliphatic heterocycles. The minimum atomic E-state index is -0.534. The Labute approximate surface area is 93.4 Å². The van der Waals surface area contributed by atoms with Gasteiger partial charge < -0.3 is 0 Å². The highest BCUT2D eigenvalue weighted by Gasteiger charge is 2.43. The van der Waals surface area contributed by atoms with Gasteiger partial charge in [0.2, 0.25) is 0 Å². The van der Waals surface area contributed by atoms with Crippen molar-refractivity contribution in [3.05, 3.63) is 0 Å². The Hall–Kier alpha value is -0.590. The molecule has 0 saturated heterocycles. The second-order valence-electron chi connectivity index (χ2n) is 3.57. The molecule has 1 heterocycles. The lowest BCUT2D eigenvalue weighted by molar-refractivity contribution is 0.301. The maximum atomic E-state index is 8.64. The minimum Gasteiger partial charge on any atom is -0.253 e. The monoisotopic (exact) mass is 231 g/mol. The molecule has 0 saturated carbocycles. The summed E-state index contributed by atoms with van der Waals surface area (Å²) < 4.78 is 0. The van der Waals surface area contributed by atoms with Gasteiger partial charge in [0.25, 0.3) is 0 Å². The standard InChI is InChI=1S/C9H11Cl2N3/c1-6(3-4-12)9(2)7(10)13-5-14-8(9)11/h5-7H,3H2,1-2H3/t6-,7?,9?/m1/s1. The number of halogens is 2. The van der Waals surface area contributed by atoms with E-state index in [9.17, 15) is 0 Å². The Kier molecular flexibility index (Phi) is 3.52. The van der Waals surface area contributed by atoms with Crippen molar-refractivity contribution in [3.8, 4) is 6.07 Å². The lowest BCUT2D eigenvalue weighted by Crippen LogP contribution is -2.41. The van der Waals surface area contributed by atoms with Gasteiger partial charge in [0.05, 0.1) is 11.5 Å². The summed E-state index contributed by atoms with van der Waals surface area (Å²) in [6, 6.07) is 2.11. The zero-order valence-electron chi connectivity index (χ0n) is 8.04. The molecule has 76 valence electrons. The minimum absolute atomic E-state index is 0.0312. The summed E-state index contributed by atoms with van der Waals surface area (Å²) in [6.07, 6.45) is 1.75. The molecule has 0 radical (unpaired) electrons. The van der Waals surface area contributed by atoms with Gasteiger partial charge in [0.1, 0.15) is 17.0 Å². The molecule has 0 bridgehead atoms. The van der Waals surface area contributed by atoms with Crippen molar-refractivity contribution in [1.82, 2.24) is 0 Å². The third-order valence-corrected chi connectivity index (χ3v) is 3.80. The van der Waals surface area contributed by atoms with Crippen LogP contribution in [0.1, 0.15) is 20.3 Å². The first-order valence-corrected chi connectivity index (χ1v) is 5.11. The molecule has 0 aromatic heterocycles. The zero-order valence-corrected chi connectivity index (χ0v) is 9.55. The van der Waals surface area contributed by atoms with Crippen molar-refractivity contribution in [3.63, 3.8) is 0 Å². The van der Waals surface area contributed by atoms with E-state index in [-0.39, 0.29) is 5.92 Å². The molecule has 0 aromatic carbocycles. The van der Waals surface area contributed by atoms with Gasteiger partial charge in [-0.25, -0.2) is 4.99 Å². The number of aliphatic imine (C=N–C) groups is 2. The molecule has 0 spiro atoms. The molecule has 0 N–H and O–H groups in total. The number of rotatable bonds is 2. The fraction of sp³-hybridized carbons (Fsp3) is 0.667. The summed E-state index contributed by atoms with van der Waals surface area (Å²) in [5.41, 5.74) is -0.982. The van der Waals surface area contributed by atoms with E-state index in [4.69, 9.17) is 28.5 Å². The summed E-state index contributed by atoms with van der Waals surface area (Å²) >= 11 is 12.1. The molecule has 1 rings (SSSR count). The van der Waals surface area contributed by atoms with E-state index in [2.05, 4.69) is 16.1 Å². The van der Waals surface area contributed by atoms with Gasteiger partial charge in [-0.15, -0.1) is 0 Å². The largest absolute Gasteiger partial charge is 0.253 e. The second-order valence-corrected chi connectivity index (χ2v) is 4.34. The first-order valence-electron chi connectivity index (χ1n) is 4.30. The van der Waals surface area contributed by atoms with Crippen LogP contribution in [0.15, 0.2) is 9.98 Å². The van der Waals surface area contributed by atoms with Crippen LogP contribution in [-0.2, 0) is 0 Å². The molecule has 3 nitrogen and oxygen atoms in total. The number of nitrogens with zero attached hydrogens (tertiary/aromatic N) is 3. The number of nitriles is 1. The summed E-state index contributed by atoms with van der Waals surface area (Å²) in [6.45, 7) is 3.81. The zero-order chi connectivity index (χ0) is 10.8. The normalized spacial score (nSPS) is 33.4. The van der Waals surface area contributed by atoms with Gasteiger partial charge in [0.15, 0.2) is 0 Å². The van der Waals surface area contributed by atoms with Crippen LogP contribution in [0.3, 0.4) is 0 Å². The summed E-state index contributed by atoms with van der Waals surface area (Å²) in [5, 5.41) is 9.07. The van der Waals surface area contributed by atoms with Crippen molar-refractivity contribution in [2.45, 2.75) is 25.8 Å². The second kappa shape index (κ2) is 4.29. The third kappa shape index (κ3) is 1.77. The highest BCUT2D eigenvalue weighted by atomic mass is 35.5. The van der Waals surface area contributed by atoms with Crippen molar-refractivity contribution in [2.75, 3.05) is 0 Å². The van der Waals surface area contributed by atoms with Gasteiger partial charge in [-0.05, 0) is 12.8 Å². The lowest BCUT2D eigenvalue weighted by Gasteiger charge is -2.36. The molecular weight excluding hydrogens is 221 g/mol. The predicted molar refractivity (Wildman–Crippen MR) is 58.9 cm³/mol. The van der Waals surface area contributed by atoms with Crippen molar-refractivity contribution in [2.24, 2.45) is 21.3 Å². The molecule has 0 aromatic rings. The van der Waals surface area contributed by atoms with Crippen LogP contribution in [0.4, 0.5) is 0 Å². The first-order chi connectivity index (χ1) is 6.53. The quantitative estimate of drug-likeness (QED) is 0.533. The van der Waals surface area contributed by atoms with Gasteiger partial charge in [0, 0.05) is 6.42 Å².